The van der Waals surface area contributed by atoms with Crippen LogP contribution < -0.4 is 5.32 Å². The van der Waals surface area contributed by atoms with E-state index in [4.69, 9.17) is 4.74 Å². The lowest BCUT2D eigenvalue weighted by molar-refractivity contribution is -0.124. The zero-order valence-corrected chi connectivity index (χ0v) is 15.8. The second-order valence-electron chi connectivity index (χ2n) is 7.31. The van der Waals surface area contributed by atoms with Crippen LogP contribution in [0.4, 0.5) is 0 Å². The molecule has 2 aliphatic rings. The molecule has 138 valence electrons. The van der Waals surface area contributed by atoms with Gasteiger partial charge in [0.15, 0.2) is 14.6 Å². The van der Waals surface area contributed by atoms with Gasteiger partial charge in [0.2, 0.25) is 5.91 Å². The van der Waals surface area contributed by atoms with Crippen molar-refractivity contribution in [1.82, 2.24) is 5.32 Å². The Hall–Kier alpha value is -1.40. The number of sulfone groups is 1. The van der Waals surface area contributed by atoms with Crippen molar-refractivity contribution in [2.75, 3.05) is 13.2 Å². The molecule has 0 bridgehead atoms. The lowest BCUT2D eigenvalue weighted by Gasteiger charge is -2.31. The summed E-state index contributed by atoms with van der Waals surface area (Å²) in [7, 11) is -3.73. The van der Waals surface area contributed by atoms with Crippen LogP contribution in [0.2, 0.25) is 0 Å². The molecule has 3 rings (SSSR count). The van der Waals surface area contributed by atoms with Crippen LogP contribution in [0.25, 0.3) is 0 Å². The number of carbonyl (C=O) groups excluding carboxylic acids is 1. The Labute approximate surface area is 150 Å². The highest BCUT2D eigenvalue weighted by Crippen LogP contribution is 2.41. The number of carbonyl (C=O) groups is 1. The van der Waals surface area contributed by atoms with E-state index in [0.717, 1.165) is 36.8 Å². The molecule has 1 heterocycles. The zero-order valence-electron chi connectivity index (χ0n) is 15.0. The number of rotatable bonds is 4. The van der Waals surface area contributed by atoms with Gasteiger partial charge in [-0.25, -0.2) is 8.42 Å². The highest BCUT2D eigenvalue weighted by atomic mass is 32.2. The molecule has 0 aromatic heterocycles. The summed E-state index contributed by atoms with van der Waals surface area (Å²) in [5, 5.41) is 3.01. The van der Waals surface area contributed by atoms with E-state index >= 15 is 0 Å². The van der Waals surface area contributed by atoms with Gasteiger partial charge in [0, 0.05) is 19.3 Å². The summed E-state index contributed by atoms with van der Waals surface area (Å²) >= 11 is 0. The van der Waals surface area contributed by atoms with Crippen molar-refractivity contribution >= 4 is 15.7 Å². The van der Waals surface area contributed by atoms with E-state index in [-0.39, 0.29) is 16.8 Å². The van der Waals surface area contributed by atoms with Gasteiger partial charge in [0.1, 0.15) is 0 Å². The standard InChI is InChI=1S/C19H27NO4S/c1-14-5-6-17(13-15(14)2)25(22,23)19(9-3-4-10-19)18(21)20-16-7-11-24-12-8-16/h5-6,13,16H,3-4,7-12H2,1-2H3,(H,20,21). The third-order valence-corrected chi connectivity index (χ3v) is 8.18. The highest BCUT2D eigenvalue weighted by Gasteiger charge is 2.53. The van der Waals surface area contributed by atoms with Crippen molar-refractivity contribution < 1.29 is 17.9 Å². The largest absolute Gasteiger partial charge is 0.381 e. The summed E-state index contributed by atoms with van der Waals surface area (Å²) < 4.78 is 30.8. The number of hydrogen-bond donors (Lipinski definition) is 1. The first-order valence-electron chi connectivity index (χ1n) is 9.07. The van der Waals surface area contributed by atoms with E-state index in [1.54, 1.807) is 12.1 Å². The molecule has 2 fully saturated rings. The van der Waals surface area contributed by atoms with E-state index in [2.05, 4.69) is 5.32 Å². The Morgan fingerprint density at radius 2 is 1.76 bits per heavy atom. The van der Waals surface area contributed by atoms with E-state index in [9.17, 15) is 13.2 Å². The van der Waals surface area contributed by atoms with Crippen LogP contribution in [0.15, 0.2) is 23.1 Å². The van der Waals surface area contributed by atoms with Gasteiger partial charge >= 0.3 is 0 Å². The van der Waals surface area contributed by atoms with Crippen molar-refractivity contribution in [2.45, 2.75) is 68.1 Å². The average molecular weight is 365 g/mol. The third-order valence-electron chi connectivity index (χ3n) is 5.68. The van der Waals surface area contributed by atoms with Crippen LogP contribution in [0.3, 0.4) is 0 Å². The topological polar surface area (TPSA) is 72.5 Å². The predicted octanol–water partition coefficient (Wildman–Crippen LogP) is 2.69. The maximum absolute atomic E-state index is 13.4. The van der Waals surface area contributed by atoms with Crippen LogP contribution in [-0.4, -0.2) is 38.3 Å². The van der Waals surface area contributed by atoms with Gasteiger partial charge < -0.3 is 10.1 Å². The smallest absolute Gasteiger partial charge is 0.242 e. The molecule has 1 saturated carbocycles. The van der Waals surface area contributed by atoms with Gasteiger partial charge in [-0.3, -0.25) is 4.79 Å². The third kappa shape index (κ3) is 3.34. The molecular formula is C19H27NO4S. The first kappa shape index (κ1) is 18.4. The Morgan fingerprint density at radius 1 is 1.12 bits per heavy atom. The monoisotopic (exact) mass is 365 g/mol. The lowest BCUT2D eigenvalue weighted by Crippen LogP contribution is -2.54. The molecule has 1 aliphatic heterocycles. The van der Waals surface area contributed by atoms with Crippen LogP contribution >= 0.6 is 0 Å². The Balaban J connectivity index is 1.92. The highest BCUT2D eigenvalue weighted by molar-refractivity contribution is 7.93. The lowest BCUT2D eigenvalue weighted by atomic mass is 10.0. The fourth-order valence-corrected chi connectivity index (χ4v) is 5.99. The summed E-state index contributed by atoms with van der Waals surface area (Å²) in [6.07, 6.45) is 3.82. The molecule has 1 aromatic rings. The number of amides is 1. The maximum Gasteiger partial charge on any atom is 0.242 e. The molecule has 0 spiro atoms. The van der Waals surface area contributed by atoms with E-state index < -0.39 is 14.6 Å². The minimum atomic E-state index is -3.73. The maximum atomic E-state index is 13.4. The van der Waals surface area contributed by atoms with Crippen molar-refractivity contribution in [2.24, 2.45) is 0 Å². The van der Waals surface area contributed by atoms with Crippen molar-refractivity contribution in [3.8, 4) is 0 Å². The molecule has 1 aliphatic carbocycles. The number of benzene rings is 1. The summed E-state index contributed by atoms with van der Waals surface area (Å²) in [4.78, 5) is 13.3. The SMILES string of the molecule is Cc1ccc(S(=O)(=O)C2(C(=O)NC3CCOCC3)CCCC2)cc1C. The van der Waals surface area contributed by atoms with E-state index in [1.807, 2.05) is 19.9 Å². The first-order valence-corrected chi connectivity index (χ1v) is 10.6. The first-order chi connectivity index (χ1) is 11.9. The van der Waals surface area contributed by atoms with Gasteiger partial charge in [-0.1, -0.05) is 18.9 Å². The van der Waals surface area contributed by atoms with Crippen LogP contribution in [-0.2, 0) is 19.4 Å². The Kier molecular flexibility index (Phi) is 5.21. The molecule has 0 radical (unpaired) electrons. The van der Waals surface area contributed by atoms with Gasteiger partial charge in [0.25, 0.3) is 0 Å². The second-order valence-corrected chi connectivity index (χ2v) is 9.57. The van der Waals surface area contributed by atoms with Crippen LogP contribution in [0, 0.1) is 13.8 Å². The summed E-state index contributed by atoms with van der Waals surface area (Å²) in [5.41, 5.74) is 1.98. The quantitative estimate of drug-likeness (QED) is 0.890. The predicted molar refractivity (Wildman–Crippen MR) is 96.3 cm³/mol. The number of ether oxygens (including phenoxy) is 1. The molecule has 1 amide bonds. The Morgan fingerprint density at radius 3 is 2.36 bits per heavy atom. The zero-order chi connectivity index (χ0) is 18.1. The number of aryl methyl sites for hydroxylation is 2. The van der Waals surface area contributed by atoms with Gasteiger partial charge in [-0.15, -0.1) is 0 Å². The summed E-state index contributed by atoms with van der Waals surface area (Å²) in [5.74, 6) is -0.324. The molecule has 1 aromatic carbocycles. The minimum Gasteiger partial charge on any atom is -0.381 e. The van der Waals surface area contributed by atoms with Gasteiger partial charge in [-0.05, 0) is 62.8 Å². The van der Waals surface area contributed by atoms with Crippen molar-refractivity contribution in [1.29, 1.82) is 0 Å². The summed E-state index contributed by atoms with van der Waals surface area (Å²) in [6.45, 7) is 5.08. The molecule has 1 N–H and O–H groups in total. The van der Waals surface area contributed by atoms with Gasteiger partial charge in [-0.2, -0.15) is 0 Å². The fourth-order valence-electron chi connectivity index (χ4n) is 3.83. The molecule has 0 unspecified atom stereocenters. The molecule has 1 saturated heterocycles. The Bertz CT molecular complexity index is 745. The second kappa shape index (κ2) is 7.08. The van der Waals surface area contributed by atoms with E-state index in [0.29, 0.717) is 26.1 Å². The number of hydrogen-bond acceptors (Lipinski definition) is 4. The summed E-state index contributed by atoms with van der Waals surface area (Å²) in [6, 6.07) is 5.17. The molecule has 25 heavy (non-hydrogen) atoms. The van der Waals surface area contributed by atoms with Crippen molar-refractivity contribution in [3.63, 3.8) is 0 Å². The van der Waals surface area contributed by atoms with Gasteiger partial charge in [0.05, 0.1) is 4.90 Å². The van der Waals surface area contributed by atoms with Crippen LogP contribution in [0.5, 0.6) is 0 Å². The average Bonchev–Trinajstić information content (AvgIpc) is 3.10. The normalized spacial score (nSPS) is 21.2. The van der Waals surface area contributed by atoms with E-state index in [1.165, 1.54) is 0 Å². The number of nitrogens with one attached hydrogen (secondary N) is 1. The molecule has 0 atom stereocenters. The molecular weight excluding hydrogens is 338 g/mol. The molecule has 6 heteroatoms. The molecule has 5 nitrogen and oxygen atoms in total. The van der Waals surface area contributed by atoms with Crippen molar-refractivity contribution in [3.05, 3.63) is 29.3 Å². The minimum absolute atomic E-state index is 0.00804. The fraction of sp³-hybridized carbons (Fsp3) is 0.632. The van der Waals surface area contributed by atoms with Crippen LogP contribution in [0.1, 0.15) is 49.7 Å².